The summed E-state index contributed by atoms with van der Waals surface area (Å²) in [6.07, 6.45) is 1.82. The van der Waals surface area contributed by atoms with E-state index < -0.39 is 5.82 Å². The standard InChI is InChI=1S/C19H16FN3O2/c1-12(24)22-17-11-15(7-8-16(17)20)23-18(25)10-14-5-2-4-13-6-3-9-21-19(13)14/h2-9,11H,10H2,1H3,(H,22,24)(H,23,25). The van der Waals surface area contributed by atoms with E-state index in [2.05, 4.69) is 15.6 Å². The average Bonchev–Trinajstić information content (AvgIpc) is 2.58. The molecule has 6 heteroatoms. The van der Waals surface area contributed by atoms with Gasteiger partial charge in [-0.3, -0.25) is 14.6 Å². The number of benzene rings is 2. The van der Waals surface area contributed by atoms with Crippen LogP contribution in [-0.4, -0.2) is 16.8 Å². The molecule has 0 aliphatic heterocycles. The van der Waals surface area contributed by atoms with Gasteiger partial charge < -0.3 is 10.6 Å². The van der Waals surface area contributed by atoms with Crippen molar-refractivity contribution in [3.05, 3.63) is 66.1 Å². The van der Waals surface area contributed by atoms with E-state index in [1.807, 2.05) is 30.3 Å². The van der Waals surface area contributed by atoms with Crippen LogP contribution in [0.2, 0.25) is 0 Å². The molecule has 3 aromatic rings. The zero-order chi connectivity index (χ0) is 17.8. The van der Waals surface area contributed by atoms with Crippen LogP contribution in [0.15, 0.2) is 54.7 Å². The van der Waals surface area contributed by atoms with Crippen molar-refractivity contribution in [2.45, 2.75) is 13.3 Å². The molecule has 3 rings (SSSR count). The molecule has 0 unspecified atom stereocenters. The summed E-state index contributed by atoms with van der Waals surface area (Å²) < 4.78 is 13.7. The number of hydrogen-bond donors (Lipinski definition) is 2. The molecule has 1 aromatic heterocycles. The smallest absolute Gasteiger partial charge is 0.228 e. The van der Waals surface area contributed by atoms with E-state index in [4.69, 9.17) is 0 Å². The van der Waals surface area contributed by atoms with Crippen LogP contribution in [0, 0.1) is 5.82 Å². The molecule has 0 fully saturated rings. The van der Waals surface area contributed by atoms with Crippen LogP contribution >= 0.6 is 0 Å². The molecule has 0 bridgehead atoms. The highest BCUT2D eigenvalue weighted by Crippen LogP contribution is 2.21. The summed E-state index contributed by atoms with van der Waals surface area (Å²) in [4.78, 5) is 27.7. The third-order valence-electron chi connectivity index (χ3n) is 3.63. The Kier molecular flexibility index (Phi) is 4.70. The second-order valence-electron chi connectivity index (χ2n) is 5.59. The lowest BCUT2D eigenvalue weighted by Crippen LogP contribution is -2.15. The van der Waals surface area contributed by atoms with Gasteiger partial charge in [0.25, 0.3) is 0 Å². The Hall–Kier alpha value is -3.28. The van der Waals surface area contributed by atoms with Crippen LogP contribution in [0.5, 0.6) is 0 Å². The first-order valence-corrected chi connectivity index (χ1v) is 7.72. The summed E-state index contributed by atoms with van der Waals surface area (Å²) in [5.41, 5.74) is 2.01. The minimum atomic E-state index is -0.563. The summed E-state index contributed by atoms with van der Waals surface area (Å²) in [7, 11) is 0. The zero-order valence-electron chi connectivity index (χ0n) is 13.5. The van der Waals surface area contributed by atoms with Gasteiger partial charge in [0.05, 0.1) is 17.6 Å². The number of hydrogen-bond acceptors (Lipinski definition) is 3. The number of nitrogens with zero attached hydrogens (tertiary/aromatic N) is 1. The third-order valence-corrected chi connectivity index (χ3v) is 3.63. The lowest BCUT2D eigenvalue weighted by Gasteiger charge is -2.10. The van der Waals surface area contributed by atoms with E-state index in [0.29, 0.717) is 5.69 Å². The lowest BCUT2D eigenvalue weighted by molar-refractivity contribution is -0.115. The lowest BCUT2D eigenvalue weighted by atomic mass is 10.1. The maximum Gasteiger partial charge on any atom is 0.228 e. The van der Waals surface area contributed by atoms with Gasteiger partial charge in [-0.1, -0.05) is 24.3 Å². The number of anilines is 2. The number of amides is 2. The Balaban J connectivity index is 1.77. The first-order valence-electron chi connectivity index (χ1n) is 7.72. The minimum absolute atomic E-state index is 0.0251. The van der Waals surface area contributed by atoms with Gasteiger partial charge in [0.2, 0.25) is 11.8 Å². The van der Waals surface area contributed by atoms with Gasteiger partial charge in [-0.05, 0) is 29.8 Å². The molecule has 1 heterocycles. The number of aromatic nitrogens is 1. The van der Waals surface area contributed by atoms with Crippen LogP contribution in [-0.2, 0) is 16.0 Å². The number of carbonyl (C=O) groups excluding carboxylic acids is 2. The molecule has 0 saturated carbocycles. The number of nitrogens with one attached hydrogen (secondary N) is 2. The van der Waals surface area contributed by atoms with Gasteiger partial charge in [-0.25, -0.2) is 4.39 Å². The maximum absolute atomic E-state index is 13.7. The molecular weight excluding hydrogens is 321 g/mol. The van der Waals surface area contributed by atoms with E-state index in [0.717, 1.165) is 16.5 Å². The molecule has 0 aliphatic rings. The molecule has 5 nitrogen and oxygen atoms in total. The summed E-state index contributed by atoms with van der Waals surface area (Å²) in [5.74, 6) is -1.20. The number of halogens is 1. The summed E-state index contributed by atoms with van der Waals surface area (Å²) >= 11 is 0. The highest BCUT2D eigenvalue weighted by Gasteiger charge is 2.10. The van der Waals surface area contributed by atoms with Gasteiger partial charge in [-0.15, -0.1) is 0 Å². The van der Waals surface area contributed by atoms with Gasteiger partial charge in [0.1, 0.15) is 5.82 Å². The largest absolute Gasteiger partial charge is 0.326 e. The highest BCUT2D eigenvalue weighted by atomic mass is 19.1. The van der Waals surface area contributed by atoms with Gasteiger partial charge >= 0.3 is 0 Å². The minimum Gasteiger partial charge on any atom is -0.326 e. The zero-order valence-corrected chi connectivity index (χ0v) is 13.5. The van der Waals surface area contributed by atoms with Crippen molar-refractivity contribution >= 4 is 34.1 Å². The first-order chi connectivity index (χ1) is 12.0. The molecule has 0 saturated heterocycles. The number of carbonyl (C=O) groups is 2. The van der Waals surface area contributed by atoms with E-state index in [9.17, 15) is 14.0 Å². The number of fused-ring (bicyclic) bond motifs is 1. The Morgan fingerprint density at radius 3 is 2.68 bits per heavy atom. The first kappa shape index (κ1) is 16.6. The molecule has 0 aliphatic carbocycles. The molecular formula is C19H16FN3O2. The normalized spacial score (nSPS) is 10.5. The predicted molar refractivity (Wildman–Crippen MR) is 94.8 cm³/mol. The van der Waals surface area contributed by atoms with Crippen LogP contribution in [0.25, 0.3) is 10.9 Å². The summed E-state index contributed by atoms with van der Waals surface area (Å²) in [5, 5.41) is 6.06. The van der Waals surface area contributed by atoms with E-state index >= 15 is 0 Å². The fourth-order valence-electron chi connectivity index (χ4n) is 2.58. The van der Waals surface area contributed by atoms with Crippen molar-refractivity contribution in [1.29, 1.82) is 0 Å². The Morgan fingerprint density at radius 2 is 1.88 bits per heavy atom. The number of pyridine rings is 1. The second-order valence-corrected chi connectivity index (χ2v) is 5.59. The predicted octanol–water partition coefficient (Wildman–Crippen LogP) is 3.51. The summed E-state index contributed by atoms with van der Waals surface area (Å²) in [6, 6.07) is 13.5. The second kappa shape index (κ2) is 7.09. The number of rotatable bonds is 4. The van der Waals surface area contributed by atoms with Crippen molar-refractivity contribution < 1.29 is 14.0 Å². The maximum atomic E-state index is 13.7. The third kappa shape index (κ3) is 3.98. The monoisotopic (exact) mass is 337 g/mol. The van der Waals surface area contributed by atoms with Crippen LogP contribution < -0.4 is 10.6 Å². The molecule has 0 spiro atoms. The fraction of sp³-hybridized carbons (Fsp3) is 0.105. The molecule has 2 amide bonds. The van der Waals surface area contributed by atoms with E-state index in [1.165, 1.54) is 25.1 Å². The van der Waals surface area contributed by atoms with Gasteiger partial charge in [-0.2, -0.15) is 0 Å². The summed E-state index contributed by atoms with van der Waals surface area (Å²) in [6.45, 7) is 1.29. The van der Waals surface area contributed by atoms with Crippen molar-refractivity contribution in [2.75, 3.05) is 10.6 Å². The average molecular weight is 337 g/mol. The fourth-order valence-corrected chi connectivity index (χ4v) is 2.58. The molecule has 0 radical (unpaired) electrons. The van der Waals surface area contributed by atoms with Gasteiger partial charge in [0, 0.05) is 24.2 Å². The highest BCUT2D eigenvalue weighted by molar-refractivity contribution is 5.96. The number of para-hydroxylation sites is 1. The molecule has 126 valence electrons. The van der Waals surface area contributed by atoms with Crippen LogP contribution in [0.3, 0.4) is 0 Å². The van der Waals surface area contributed by atoms with Crippen molar-refractivity contribution in [3.8, 4) is 0 Å². The molecule has 2 N–H and O–H groups in total. The van der Waals surface area contributed by atoms with Crippen LogP contribution in [0.4, 0.5) is 15.8 Å². The topological polar surface area (TPSA) is 71.1 Å². The van der Waals surface area contributed by atoms with E-state index in [-0.39, 0.29) is 23.9 Å². The quantitative estimate of drug-likeness (QED) is 0.765. The molecule has 25 heavy (non-hydrogen) atoms. The van der Waals surface area contributed by atoms with Crippen molar-refractivity contribution in [2.24, 2.45) is 0 Å². The Bertz CT molecular complexity index is 951. The molecule has 0 atom stereocenters. The SMILES string of the molecule is CC(=O)Nc1cc(NC(=O)Cc2cccc3cccnc23)ccc1F. The van der Waals surface area contributed by atoms with Crippen molar-refractivity contribution in [1.82, 2.24) is 4.98 Å². The van der Waals surface area contributed by atoms with E-state index in [1.54, 1.807) is 6.20 Å². The Labute approximate surface area is 143 Å². The van der Waals surface area contributed by atoms with Crippen LogP contribution in [0.1, 0.15) is 12.5 Å². The Morgan fingerprint density at radius 1 is 1.08 bits per heavy atom. The van der Waals surface area contributed by atoms with Gasteiger partial charge in [0.15, 0.2) is 0 Å². The van der Waals surface area contributed by atoms with Crippen molar-refractivity contribution in [3.63, 3.8) is 0 Å². The molecule has 2 aromatic carbocycles.